The fourth-order valence-electron chi connectivity index (χ4n) is 0.627. The summed E-state index contributed by atoms with van der Waals surface area (Å²) in [6.45, 7) is 5.11. The van der Waals surface area contributed by atoms with Gasteiger partial charge in [-0.1, -0.05) is 25.6 Å². The van der Waals surface area contributed by atoms with Crippen molar-refractivity contribution in [3.05, 3.63) is 0 Å². The summed E-state index contributed by atoms with van der Waals surface area (Å²) < 4.78 is 0. The van der Waals surface area contributed by atoms with Crippen molar-refractivity contribution >= 4 is 16.9 Å². The van der Waals surface area contributed by atoms with Crippen molar-refractivity contribution in [3.8, 4) is 6.19 Å². The third kappa shape index (κ3) is 6.05. The lowest BCUT2D eigenvalue weighted by Gasteiger charge is -2.01. The van der Waals surface area contributed by atoms with Crippen molar-refractivity contribution < 1.29 is 0 Å². The number of nitriles is 1. The zero-order valence-corrected chi connectivity index (χ0v) is 8.61. The Balaban J connectivity index is 3.71. The lowest BCUT2D eigenvalue weighted by atomic mass is 10.1. The van der Waals surface area contributed by atoms with Gasteiger partial charge in [0, 0.05) is 6.54 Å². The highest BCUT2D eigenvalue weighted by Crippen LogP contribution is 2.01. The Labute approximate surface area is 78.3 Å². The van der Waals surface area contributed by atoms with Crippen molar-refractivity contribution in [2.45, 2.75) is 20.3 Å². The fraction of sp³-hybridized carbons (Fsp3) is 0.750. The molecule has 0 unspecified atom stereocenters. The topological polar surface area (TPSA) is 48.2 Å². The maximum atomic E-state index is 8.32. The minimum Gasteiger partial charge on any atom is -0.272 e. The summed E-state index contributed by atoms with van der Waals surface area (Å²) in [7, 11) is 0. The van der Waals surface area contributed by atoms with Gasteiger partial charge in [0.25, 0.3) is 0 Å². The molecule has 0 bridgehead atoms. The molecular formula is C8H15N3S. The average Bonchev–Trinajstić information content (AvgIpc) is 2.02. The first-order chi connectivity index (χ1) is 5.70. The van der Waals surface area contributed by atoms with Crippen molar-refractivity contribution in [1.82, 2.24) is 5.32 Å². The number of amidine groups is 1. The van der Waals surface area contributed by atoms with Gasteiger partial charge in [-0.3, -0.25) is 10.3 Å². The predicted octanol–water partition coefficient (Wildman–Crippen LogP) is 1.82. The predicted molar refractivity (Wildman–Crippen MR) is 54.0 cm³/mol. The van der Waals surface area contributed by atoms with Crippen molar-refractivity contribution in [2.24, 2.45) is 10.9 Å². The number of nitrogens with one attached hydrogen (secondary N) is 1. The van der Waals surface area contributed by atoms with Crippen LogP contribution in [0.25, 0.3) is 0 Å². The first-order valence-electron chi connectivity index (χ1n) is 3.94. The molecule has 0 aliphatic heterocycles. The van der Waals surface area contributed by atoms with Gasteiger partial charge in [0.1, 0.15) is 0 Å². The second-order valence-electron chi connectivity index (χ2n) is 2.81. The Morgan fingerprint density at radius 3 is 2.75 bits per heavy atom. The van der Waals surface area contributed by atoms with Gasteiger partial charge >= 0.3 is 0 Å². The summed E-state index contributed by atoms with van der Waals surface area (Å²) in [6, 6.07) is 0. The highest BCUT2D eigenvalue weighted by atomic mass is 32.2. The van der Waals surface area contributed by atoms with Crippen LogP contribution in [-0.4, -0.2) is 18.0 Å². The van der Waals surface area contributed by atoms with Gasteiger partial charge < -0.3 is 0 Å². The standard InChI is InChI=1S/C8H15N3S/c1-7(2)4-5-10-8(12-3)11-6-9/h7H,4-5H2,1-3H3,(H,10,11). The fourth-order valence-corrected chi connectivity index (χ4v) is 0.995. The van der Waals surface area contributed by atoms with Gasteiger partial charge in [-0.15, -0.1) is 0 Å². The quantitative estimate of drug-likeness (QED) is 0.316. The van der Waals surface area contributed by atoms with Crippen molar-refractivity contribution in [3.63, 3.8) is 0 Å². The van der Waals surface area contributed by atoms with Gasteiger partial charge in [-0.05, 0) is 18.6 Å². The summed E-state index contributed by atoms with van der Waals surface area (Å²) >= 11 is 1.46. The van der Waals surface area contributed by atoms with Gasteiger partial charge in [-0.25, -0.2) is 0 Å². The van der Waals surface area contributed by atoms with Crippen LogP contribution in [0.15, 0.2) is 4.99 Å². The lowest BCUT2D eigenvalue weighted by molar-refractivity contribution is 0.597. The second kappa shape index (κ2) is 6.99. The molecule has 3 nitrogen and oxygen atoms in total. The van der Waals surface area contributed by atoms with Crippen LogP contribution in [0.5, 0.6) is 0 Å². The highest BCUT2D eigenvalue weighted by molar-refractivity contribution is 8.13. The van der Waals surface area contributed by atoms with E-state index in [0.717, 1.165) is 13.0 Å². The molecule has 12 heavy (non-hydrogen) atoms. The molecule has 1 N–H and O–H groups in total. The first-order valence-corrected chi connectivity index (χ1v) is 5.16. The van der Waals surface area contributed by atoms with E-state index in [1.807, 2.05) is 12.4 Å². The summed E-state index contributed by atoms with van der Waals surface area (Å²) in [4.78, 5) is 4.22. The highest BCUT2D eigenvalue weighted by Gasteiger charge is 1.95. The molecule has 0 radical (unpaired) electrons. The molecule has 0 spiro atoms. The normalized spacial score (nSPS) is 11.4. The Morgan fingerprint density at radius 2 is 2.33 bits per heavy atom. The van der Waals surface area contributed by atoms with E-state index in [-0.39, 0.29) is 0 Å². The monoisotopic (exact) mass is 185 g/mol. The van der Waals surface area contributed by atoms with Gasteiger partial charge in [0.2, 0.25) is 0 Å². The van der Waals surface area contributed by atoms with E-state index < -0.39 is 0 Å². The largest absolute Gasteiger partial charge is 0.272 e. The smallest absolute Gasteiger partial charge is 0.183 e. The molecule has 0 atom stereocenters. The zero-order valence-electron chi connectivity index (χ0n) is 7.79. The van der Waals surface area contributed by atoms with Crippen LogP contribution in [-0.2, 0) is 0 Å². The van der Waals surface area contributed by atoms with E-state index in [2.05, 4.69) is 24.2 Å². The molecule has 4 heteroatoms. The first kappa shape index (κ1) is 11.3. The molecule has 0 aromatic heterocycles. The molecule has 0 aromatic rings. The maximum Gasteiger partial charge on any atom is 0.183 e. The van der Waals surface area contributed by atoms with E-state index in [0.29, 0.717) is 11.1 Å². The van der Waals surface area contributed by atoms with Crippen LogP contribution >= 0.6 is 11.8 Å². The molecule has 0 aromatic carbocycles. The second-order valence-corrected chi connectivity index (χ2v) is 3.61. The van der Waals surface area contributed by atoms with Gasteiger partial charge in [0.05, 0.1) is 0 Å². The molecule has 0 amide bonds. The average molecular weight is 185 g/mol. The van der Waals surface area contributed by atoms with E-state index >= 15 is 0 Å². The van der Waals surface area contributed by atoms with Crippen molar-refractivity contribution in [2.75, 3.05) is 12.8 Å². The van der Waals surface area contributed by atoms with Crippen LogP contribution in [0.4, 0.5) is 0 Å². The summed E-state index contributed by atoms with van der Waals surface area (Å²) in [5.74, 6) is 0.666. The number of rotatable bonds is 3. The van der Waals surface area contributed by atoms with Crippen LogP contribution in [0.2, 0.25) is 0 Å². The molecule has 0 heterocycles. The molecular weight excluding hydrogens is 170 g/mol. The lowest BCUT2D eigenvalue weighted by Crippen LogP contribution is -2.13. The van der Waals surface area contributed by atoms with E-state index in [9.17, 15) is 0 Å². The third-order valence-electron chi connectivity index (χ3n) is 1.32. The minimum absolute atomic E-state index is 0.666. The van der Waals surface area contributed by atoms with Crippen LogP contribution < -0.4 is 5.32 Å². The Bertz CT molecular complexity index is 181. The molecule has 0 aliphatic rings. The van der Waals surface area contributed by atoms with Gasteiger partial charge in [0.15, 0.2) is 11.4 Å². The Hall–Kier alpha value is -0.690. The summed E-state index contributed by atoms with van der Waals surface area (Å²) in [6.07, 6.45) is 4.82. The van der Waals surface area contributed by atoms with Crippen LogP contribution in [0, 0.1) is 17.4 Å². The zero-order chi connectivity index (χ0) is 9.40. The minimum atomic E-state index is 0.666. The molecule has 68 valence electrons. The van der Waals surface area contributed by atoms with Crippen molar-refractivity contribution in [1.29, 1.82) is 5.26 Å². The van der Waals surface area contributed by atoms with E-state index in [4.69, 9.17) is 5.26 Å². The number of nitrogens with zero attached hydrogens (tertiary/aromatic N) is 2. The number of hydrogen-bond acceptors (Lipinski definition) is 3. The molecule has 0 rings (SSSR count). The number of thioether (sulfide) groups is 1. The maximum absolute atomic E-state index is 8.32. The molecule has 0 aliphatic carbocycles. The summed E-state index contributed by atoms with van der Waals surface area (Å²) in [5.41, 5.74) is 0. The Kier molecular flexibility index (Phi) is 6.58. The molecule has 0 saturated carbocycles. The molecule has 0 fully saturated rings. The SMILES string of the molecule is CSC(=NCCC(C)C)NC#N. The summed E-state index contributed by atoms with van der Waals surface area (Å²) in [5, 5.41) is 11.6. The Morgan fingerprint density at radius 1 is 1.67 bits per heavy atom. The van der Waals surface area contributed by atoms with E-state index in [1.54, 1.807) is 0 Å². The number of aliphatic imine (C=N–C) groups is 1. The van der Waals surface area contributed by atoms with Crippen LogP contribution in [0.3, 0.4) is 0 Å². The third-order valence-corrected chi connectivity index (χ3v) is 1.94. The molecule has 0 saturated heterocycles. The number of hydrogen-bond donors (Lipinski definition) is 1. The van der Waals surface area contributed by atoms with Crippen LogP contribution in [0.1, 0.15) is 20.3 Å². The van der Waals surface area contributed by atoms with E-state index in [1.165, 1.54) is 11.8 Å². The van der Waals surface area contributed by atoms with Gasteiger partial charge in [-0.2, -0.15) is 5.26 Å².